The molecular weight excluding hydrogens is 459 g/mol. The Balaban J connectivity index is 1.52. The van der Waals surface area contributed by atoms with Crippen LogP contribution in [0.25, 0.3) is 0 Å². The van der Waals surface area contributed by atoms with Gasteiger partial charge in [-0.05, 0) is 72.9 Å². The van der Waals surface area contributed by atoms with Crippen molar-refractivity contribution in [3.05, 3.63) is 106 Å². The summed E-state index contributed by atoms with van der Waals surface area (Å²) in [5.41, 5.74) is 4.04. The summed E-state index contributed by atoms with van der Waals surface area (Å²) < 4.78 is 0. The summed E-state index contributed by atoms with van der Waals surface area (Å²) in [5.74, 6) is 0. The molecule has 0 amide bonds. The van der Waals surface area contributed by atoms with E-state index in [0.717, 1.165) is 40.7 Å². The van der Waals surface area contributed by atoms with Gasteiger partial charge in [0.2, 0.25) is 0 Å². The van der Waals surface area contributed by atoms with Crippen molar-refractivity contribution in [2.45, 2.75) is 57.2 Å². The van der Waals surface area contributed by atoms with Crippen LogP contribution in [-0.2, 0) is 6.42 Å². The number of piperidine rings is 1. The number of halogens is 2. The SMILES string of the molecule is CCNCC1(Cc2ccccc2)C[C@H]2CC[C@@H](C1)N2C(c1ccccc1Cl)c1ccccc1Cl. The first kappa shape index (κ1) is 23.9. The molecule has 0 saturated carbocycles. The van der Waals surface area contributed by atoms with Crippen molar-refractivity contribution in [1.29, 1.82) is 0 Å². The maximum absolute atomic E-state index is 6.81. The summed E-state index contributed by atoms with van der Waals surface area (Å²) >= 11 is 13.6. The van der Waals surface area contributed by atoms with Crippen LogP contribution in [-0.4, -0.2) is 30.1 Å². The van der Waals surface area contributed by atoms with Gasteiger partial charge in [0.25, 0.3) is 0 Å². The fourth-order valence-corrected chi connectivity index (χ4v) is 7.03. The average Bonchev–Trinajstić information content (AvgIpc) is 3.11. The highest BCUT2D eigenvalue weighted by Crippen LogP contribution is 2.52. The number of hydrogen-bond acceptors (Lipinski definition) is 2. The average molecular weight is 494 g/mol. The lowest BCUT2D eigenvalue weighted by atomic mass is 9.70. The topological polar surface area (TPSA) is 15.3 Å². The second kappa shape index (κ2) is 10.4. The maximum Gasteiger partial charge on any atom is 0.0636 e. The predicted octanol–water partition coefficient (Wildman–Crippen LogP) is 7.55. The minimum Gasteiger partial charge on any atom is -0.316 e. The Morgan fingerprint density at radius 1 is 0.824 bits per heavy atom. The highest BCUT2D eigenvalue weighted by molar-refractivity contribution is 6.32. The van der Waals surface area contributed by atoms with E-state index in [1.165, 1.54) is 31.2 Å². The second-order valence-corrected chi connectivity index (χ2v) is 10.9. The quantitative estimate of drug-likeness (QED) is 0.349. The van der Waals surface area contributed by atoms with Crippen molar-refractivity contribution in [3.63, 3.8) is 0 Å². The van der Waals surface area contributed by atoms with Crippen LogP contribution < -0.4 is 5.32 Å². The molecular formula is C30H34Cl2N2. The lowest BCUT2D eigenvalue weighted by molar-refractivity contribution is 0.0208. The van der Waals surface area contributed by atoms with Gasteiger partial charge in [0, 0.05) is 28.7 Å². The Hall–Kier alpha value is -1.84. The molecule has 2 heterocycles. The third kappa shape index (κ3) is 4.79. The van der Waals surface area contributed by atoms with Gasteiger partial charge < -0.3 is 5.32 Å². The van der Waals surface area contributed by atoms with Crippen LogP contribution in [0.3, 0.4) is 0 Å². The maximum atomic E-state index is 6.81. The van der Waals surface area contributed by atoms with Gasteiger partial charge in [-0.1, -0.05) is 96.9 Å². The van der Waals surface area contributed by atoms with E-state index in [0.29, 0.717) is 12.1 Å². The number of benzene rings is 3. The first-order valence-corrected chi connectivity index (χ1v) is 13.4. The van der Waals surface area contributed by atoms with Crippen molar-refractivity contribution < 1.29 is 0 Å². The van der Waals surface area contributed by atoms with Crippen molar-refractivity contribution in [2.75, 3.05) is 13.1 Å². The van der Waals surface area contributed by atoms with Crippen molar-refractivity contribution in [3.8, 4) is 0 Å². The highest BCUT2D eigenvalue weighted by atomic mass is 35.5. The van der Waals surface area contributed by atoms with Crippen LogP contribution in [0.2, 0.25) is 10.0 Å². The molecule has 34 heavy (non-hydrogen) atoms. The van der Waals surface area contributed by atoms with Crippen molar-refractivity contribution >= 4 is 23.2 Å². The predicted molar refractivity (Wildman–Crippen MR) is 144 cm³/mol. The van der Waals surface area contributed by atoms with Crippen LogP contribution in [0.4, 0.5) is 0 Å². The summed E-state index contributed by atoms with van der Waals surface area (Å²) in [6.45, 7) is 4.30. The Morgan fingerprint density at radius 2 is 1.35 bits per heavy atom. The number of fused-ring (bicyclic) bond motifs is 2. The normalized spacial score (nSPS) is 24.6. The summed E-state index contributed by atoms with van der Waals surface area (Å²) in [4.78, 5) is 2.76. The fraction of sp³-hybridized carbons (Fsp3) is 0.400. The molecule has 178 valence electrons. The van der Waals surface area contributed by atoms with Crippen LogP contribution in [0.15, 0.2) is 78.9 Å². The van der Waals surface area contributed by atoms with E-state index < -0.39 is 0 Å². The number of rotatable bonds is 8. The molecule has 2 aliphatic rings. The zero-order chi connectivity index (χ0) is 23.5. The standard InChI is InChI=1S/C30H34Cl2N2/c1-2-33-21-30(18-22-10-4-3-5-11-22)19-23-16-17-24(20-30)34(23)29(25-12-6-8-14-27(25)31)26-13-7-9-15-28(26)32/h3-15,23-24,29,33H,2,16-21H2,1H3/t23-,24+,30?. The summed E-state index contributed by atoms with van der Waals surface area (Å²) in [6.07, 6.45) is 5.98. The van der Waals surface area contributed by atoms with E-state index in [1.54, 1.807) is 0 Å². The van der Waals surface area contributed by atoms with E-state index >= 15 is 0 Å². The van der Waals surface area contributed by atoms with E-state index in [2.05, 4.69) is 71.7 Å². The molecule has 3 aromatic rings. The first-order valence-electron chi connectivity index (χ1n) is 12.6. The number of nitrogens with one attached hydrogen (secondary N) is 1. The molecule has 0 aromatic heterocycles. The minimum atomic E-state index is 0.0776. The van der Waals surface area contributed by atoms with Gasteiger partial charge in [0.15, 0.2) is 0 Å². The van der Waals surface area contributed by atoms with Gasteiger partial charge in [0.05, 0.1) is 6.04 Å². The molecule has 1 unspecified atom stereocenters. The van der Waals surface area contributed by atoms with E-state index in [1.807, 2.05) is 24.3 Å². The van der Waals surface area contributed by atoms with Gasteiger partial charge in [-0.15, -0.1) is 0 Å². The van der Waals surface area contributed by atoms with E-state index in [-0.39, 0.29) is 11.5 Å². The fourth-order valence-electron chi connectivity index (χ4n) is 6.55. The zero-order valence-electron chi connectivity index (χ0n) is 19.9. The molecule has 2 bridgehead atoms. The molecule has 5 rings (SSSR count). The largest absolute Gasteiger partial charge is 0.316 e. The summed E-state index contributed by atoms with van der Waals surface area (Å²) in [7, 11) is 0. The Kier molecular flexibility index (Phi) is 7.32. The second-order valence-electron chi connectivity index (χ2n) is 10.1. The number of hydrogen-bond donors (Lipinski definition) is 1. The first-order chi connectivity index (χ1) is 16.6. The van der Waals surface area contributed by atoms with E-state index in [9.17, 15) is 0 Å². The Morgan fingerprint density at radius 3 is 1.88 bits per heavy atom. The van der Waals surface area contributed by atoms with Crippen LogP contribution in [0.5, 0.6) is 0 Å². The van der Waals surface area contributed by atoms with Crippen molar-refractivity contribution in [1.82, 2.24) is 10.2 Å². The summed E-state index contributed by atoms with van der Waals surface area (Å²) in [6, 6.07) is 28.8. The van der Waals surface area contributed by atoms with Gasteiger partial charge in [-0.25, -0.2) is 0 Å². The monoisotopic (exact) mass is 492 g/mol. The third-order valence-corrected chi connectivity index (χ3v) is 8.57. The van der Waals surface area contributed by atoms with Gasteiger partial charge in [-0.3, -0.25) is 4.90 Å². The van der Waals surface area contributed by atoms with Gasteiger partial charge in [0.1, 0.15) is 0 Å². The molecule has 3 aromatic carbocycles. The Bertz CT molecular complexity index is 1040. The van der Waals surface area contributed by atoms with Gasteiger partial charge in [-0.2, -0.15) is 0 Å². The molecule has 0 spiro atoms. The van der Waals surface area contributed by atoms with Crippen LogP contribution >= 0.6 is 23.2 Å². The molecule has 0 radical (unpaired) electrons. The molecule has 0 aliphatic carbocycles. The highest BCUT2D eigenvalue weighted by Gasteiger charge is 2.50. The molecule has 2 fully saturated rings. The van der Waals surface area contributed by atoms with Crippen molar-refractivity contribution in [2.24, 2.45) is 5.41 Å². The minimum absolute atomic E-state index is 0.0776. The molecule has 1 N–H and O–H groups in total. The molecule has 4 heteroatoms. The van der Waals surface area contributed by atoms with Gasteiger partial charge >= 0.3 is 0 Å². The van der Waals surface area contributed by atoms with Crippen LogP contribution in [0, 0.1) is 5.41 Å². The smallest absolute Gasteiger partial charge is 0.0636 e. The van der Waals surface area contributed by atoms with E-state index in [4.69, 9.17) is 23.2 Å². The lowest BCUT2D eigenvalue weighted by Gasteiger charge is -2.50. The molecule has 3 atom stereocenters. The Labute approximate surface area is 214 Å². The summed E-state index contributed by atoms with van der Waals surface area (Å²) in [5, 5.41) is 5.35. The molecule has 2 aliphatic heterocycles. The van der Waals surface area contributed by atoms with Crippen LogP contribution in [0.1, 0.15) is 55.3 Å². The third-order valence-electron chi connectivity index (χ3n) is 7.88. The molecule has 2 saturated heterocycles. The lowest BCUT2D eigenvalue weighted by Crippen LogP contribution is -2.53. The molecule has 2 nitrogen and oxygen atoms in total. The zero-order valence-corrected chi connectivity index (χ0v) is 21.4. The number of nitrogens with zero attached hydrogens (tertiary/aromatic N) is 1.